The molecule has 0 aliphatic heterocycles. The summed E-state index contributed by atoms with van der Waals surface area (Å²) in [6.07, 6.45) is 0.976. The van der Waals surface area contributed by atoms with Crippen molar-refractivity contribution < 1.29 is 0 Å². The van der Waals surface area contributed by atoms with Gasteiger partial charge in [-0.15, -0.1) is 0 Å². The topological polar surface area (TPSA) is 12.0 Å². The molecule has 1 N–H and O–H groups in total. The van der Waals surface area contributed by atoms with Crippen LogP contribution in [0, 0.1) is 0 Å². The van der Waals surface area contributed by atoms with Gasteiger partial charge in [-0.2, -0.15) is 0 Å². The molecule has 21 heavy (non-hydrogen) atoms. The first-order valence-electron chi connectivity index (χ1n) is 7.32. The predicted molar refractivity (Wildman–Crippen MR) is 93.6 cm³/mol. The molecule has 2 rings (SSSR count). The summed E-state index contributed by atoms with van der Waals surface area (Å²) in [5, 5.41) is 4.78. The summed E-state index contributed by atoms with van der Waals surface area (Å²) in [7, 11) is 0. The van der Waals surface area contributed by atoms with Crippen LogP contribution in [0.1, 0.15) is 50.3 Å². The average Bonchev–Trinajstić information content (AvgIpc) is 2.48. The van der Waals surface area contributed by atoms with Crippen LogP contribution in [-0.2, 0) is 0 Å². The van der Waals surface area contributed by atoms with Crippen molar-refractivity contribution in [1.29, 1.82) is 0 Å². The van der Waals surface area contributed by atoms with Crippen molar-refractivity contribution in [3.05, 3.63) is 63.6 Å². The quantitative estimate of drug-likeness (QED) is 0.647. The molecule has 3 heteroatoms. The van der Waals surface area contributed by atoms with Crippen LogP contribution in [0.15, 0.2) is 42.5 Å². The Hall–Kier alpha value is -1.18. The lowest BCUT2D eigenvalue weighted by Crippen LogP contribution is -2.10. The van der Waals surface area contributed by atoms with E-state index < -0.39 is 0 Å². The van der Waals surface area contributed by atoms with E-state index in [0.29, 0.717) is 16.0 Å². The van der Waals surface area contributed by atoms with E-state index in [2.05, 4.69) is 50.4 Å². The standard InChI is InChI=1S/C18H21Cl2N/c1-4-18(14-8-9-16(19)17(20)11-14)21-15-7-5-6-13(10-15)12(2)3/h5-12,18,21H,4H2,1-3H3. The minimum absolute atomic E-state index is 0.224. The number of hydrogen-bond acceptors (Lipinski definition) is 1. The molecule has 2 aromatic rings. The first kappa shape index (κ1) is 16.2. The van der Waals surface area contributed by atoms with E-state index in [4.69, 9.17) is 23.2 Å². The zero-order valence-electron chi connectivity index (χ0n) is 12.7. The van der Waals surface area contributed by atoms with Crippen LogP contribution in [0.4, 0.5) is 5.69 Å². The lowest BCUT2D eigenvalue weighted by Gasteiger charge is -2.20. The van der Waals surface area contributed by atoms with Gasteiger partial charge in [0.15, 0.2) is 0 Å². The van der Waals surface area contributed by atoms with Gasteiger partial charge in [-0.05, 0) is 47.7 Å². The summed E-state index contributed by atoms with van der Waals surface area (Å²) in [5.41, 5.74) is 3.63. The van der Waals surface area contributed by atoms with Gasteiger partial charge in [-0.1, -0.05) is 62.2 Å². The van der Waals surface area contributed by atoms with Crippen molar-refractivity contribution in [3.8, 4) is 0 Å². The first-order chi connectivity index (χ1) is 10.0. The summed E-state index contributed by atoms with van der Waals surface area (Å²) < 4.78 is 0. The fourth-order valence-corrected chi connectivity index (χ4v) is 2.65. The predicted octanol–water partition coefficient (Wildman–Crippen LogP) is 6.68. The molecular weight excluding hydrogens is 301 g/mol. The lowest BCUT2D eigenvalue weighted by molar-refractivity contribution is 0.748. The fraction of sp³-hybridized carbons (Fsp3) is 0.333. The maximum atomic E-state index is 6.12. The third kappa shape index (κ3) is 4.15. The average molecular weight is 322 g/mol. The Balaban J connectivity index is 2.22. The van der Waals surface area contributed by atoms with E-state index >= 15 is 0 Å². The van der Waals surface area contributed by atoms with E-state index in [1.54, 1.807) is 0 Å². The number of rotatable bonds is 5. The highest BCUT2D eigenvalue weighted by atomic mass is 35.5. The monoisotopic (exact) mass is 321 g/mol. The summed E-state index contributed by atoms with van der Waals surface area (Å²) in [4.78, 5) is 0. The number of benzene rings is 2. The van der Waals surface area contributed by atoms with E-state index in [1.807, 2.05) is 18.2 Å². The molecule has 1 atom stereocenters. The fourth-order valence-electron chi connectivity index (χ4n) is 2.34. The molecule has 2 aromatic carbocycles. The Bertz CT molecular complexity index is 608. The second kappa shape index (κ2) is 7.20. The Morgan fingerprint density at radius 3 is 2.33 bits per heavy atom. The van der Waals surface area contributed by atoms with Crippen LogP contribution in [-0.4, -0.2) is 0 Å². The van der Waals surface area contributed by atoms with E-state index in [1.165, 1.54) is 5.56 Å². The molecular formula is C18H21Cl2N. The number of anilines is 1. The van der Waals surface area contributed by atoms with Gasteiger partial charge < -0.3 is 5.32 Å². The third-order valence-corrected chi connectivity index (χ3v) is 4.39. The molecule has 1 nitrogen and oxygen atoms in total. The van der Waals surface area contributed by atoms with Crippen molar-refractivity contribution in [2.45, 2.75) is 39.2 Å². The van der Waals surface area contributed by atoms with Gasteiger partial charge in [0.25, 0.3) is 0 Å². The molecule has 0 aliphatic carbocycles. The largest absolute Gasteiger partial charge is 0.378 e. The van der Waals surface area contributed by atoms with Gasteiger partial charge in [0.05, 0.1) is 16.1 Å². The zero-order valence-corrected chi connectivity index (χ0v) is 14.2. The van der Waals surface area contributed by atoms with E-state index in [9.17, 15) is 0 Å². The molecule has 1 unspecified atom stereocenters. The summed E-state index contributed by atoms with van der Waals surface area (Å²) in [6.45, 7) is 6.57. The highest BCUT2D eigenvalue weighted by Gasteiger charge is 2.11. The van der Waals surface area contributed by atoms with Gasteiger partial charge in [0.2, 0.25) is 0 Å². The maximum Gasteiger partial charge on any atom is 0.0595 e. The Morgan fingerprint density at radius 2 is 1.71 bits per heavy atom. The second-order valence-electron chi connectivity index (χ2n) is 5.56. The molecule has 0 amide bonds. The zero-order chi connectivity index (χ0) is 15.4. The Morgan fingerprint density at radius 1 is 0.952 bits per heavy atom. The lowest BCUT2D eigenvalue weighted by atomic mass is 10.0. The number of hydrogen-bond donors (Lipinski definition) is 1. The minimum atomic E-state index is 0.224. The van der Waals surface area contributed by atoms with Crippen molar-refractivity contribution in [2.75, 3.05) is 5.32 Å². The minimum Gasteiger partial charge on any atom is -0.378 e. The highest BCUT2D eigenvalue weighted by Crippen LogP contribution is 2.29. The van der Waals surface area contributed by atoms with Gasteiger partial charge in [-0.25, -0.2) is 0 Å². The smallest absolute Gasteiger partial charge is 0.0595 e. The number of halogens is 2. The van der Waals surface area contributed by atoms with E-state index in [-0.39, 0.29) is 6.04 Å². The van der Waals surface area contributed by atoms with Crippen LogP contribution in [0.2, 0.25) is 10.0 Å². The van der Waals surface area contributed by atoms with Crippen LogP contribution in [0.5, 0.6) is 0 Å². The highest BCUT2D eigenvalue weighted by molar-refractivity contribution is 6.42. The van der Waals surface area contributed by atoms with Crippen LogP contribution >= 0.6 is 23.2 Å². The summed E-state index contributed by atoms with van der Waals surface area (Å²) in [5.74, 6) is 0.525. The molecule has 0 heterocycles. The third-order valence-electron chi connectivity index (χ3n) is 3.65. The molecule has 0 saturated heterocycles. The first-order valence-corrected chi connectivity index (χ1v) is 8.08. The van der Waals surface area contributed by atoms with E-state index in [0.717, 1.165) is 17.7 Å². The van der Waals surface area contributed by atoms with Gasteiger partial charge in [0.1, 0.15) is 0 Å². The van der Waals surface area contributed by atoms with Crippen molar-refractivity contribution >= 4 is 28.9 Å². The van der Waals surface area contributed by atoms with Crippen molar-refractivity contribution in [1.82, 2.24) is 0 Å². The van der Waals surface area contributed by atoms with Gasteiger partial charge in [-0.3, -0.25) is 0 Å². The summed E-state index contributed by atoms with van der Waals surface area (Å²) in [6, 6.07) is 14.6. The van der Waals surface area contributed by atoms with Crippen LogP contribution in [0.25, 0.3) is 0 Å². The van der Waals surface area contributed by atoms with Crippen molar-refractivity contribution in [3.63, 3.8) is 0 Å². The molecule has 112 valence electrons. The molecule has 0 aromatic heterocycles. The van der Waals surface area contributed by atoms with Crippen LogP contribution < -0.4 is 5.32 Å². The van der Waals surface area contributed by atoms with Crippen LogP contribution in [0.3, 0.4) is 0 Å². The van der Waals surface area contributed by atoms with Gasteiger partial charge in [0, 0.05) is 5.69 Å². The molecule has 0 saturated carbocycles. The summed E-state index contributed by atoms with van der Waals surface area (Å²) >= 11 is 12.1. The SMILES string of the molecule is CCC(Nc1cccc(C(C)C)c1)c1ccc(Cl)c(Cl)c1. The normalized spacial score (nSPS) is 12.5. The molecule has 0 bridgehead atoms. The second-order valence-corrected chi connectivity index (χ2v) is 6.37. The van der Waals surface area contributed by atoms with Gasteiger partial charge >= 0.3 is 0 Å². The maximum absolute atomic E-state index is 6.12. The van der Waals surface area contributed by atoms with Crippen molar-refractivity contribution in [2.24, 2.45) is 0 Å². The molecule has 0 radical (unpaired) electrons. The molecule has 0 fully saturated rings. The molecule has 0 aliphatic rings. The molecule has 0 spiro atoms. The number of nitrogens with one attached hydrogen (secondary N) is 1. The Kier molecular flexibility index (Phi) is 5.55. The Labute approximate surface area is 137 Å².